The zero-order chi connectivity index (χ0) is 17.4. The molecule has 1 saturated heterocycles. The number of aryl methyl sites for hydroxylation is 1. The van der Waals surface area contributed by atoms with Crippen LogP contribution in [-0.4, -0.2) is 46.4 Å². The van der Waals surface area contributed by atoms with Gasteiger partial charge in [-0.1, -0.05) is 12.1 Å². The molecule has 0 N–H and O–H groups in total. The van der Waals surface area contributed by atoms with E-state index in [0.717, 1.165) is 13.1 Å². The lowest BCUT2D eigenvalue weighted by molar-refractivity contribution is -0.0254. The van der Waals surface area contributed by atoms with Crippen LogP contribution in [0.15, 0.2) is 40.8 Å². The maximum atomic E-state index is 13.9. The SMILES string of the molecule is CN1CCOC(c2nc(-c3ccc(-c4ccccc4F)o3)n(C)n2)C1. The van der Waals surface area contributed by atoms with Crippen LogP contribution in [0.2, 0.25) is 0 Å². The highest BCUT2D eigenvalue weighted by Crippen LogP contribution is 2.30. The molecule has 0 spiro atoms. The molecule has 3 heterocycles. The van der Waals surface area contributed by atoms with Crippen LogP contribution in [0, 0.1) is 5.82 Å². The molecular weight excluding hydrogens is 323 g/mol. The maximum Gasteiger partial charge on any atom is 0.194 e. The third kappa shape index (κ3) is 3.08. The predicted molar refractivity (Wildman–Crippen MR) is 90.3 cm³/mol. The van der Waals surface area contributed by atoms with Crippen molar-refractivity contribution in [1.29, 1.82) is 0 Å². The van der Waals surface area contributed by atoms with Gasteiger partial charge in [-0.05, 0) is 31.3 Å². The van der Waals surface area contributed by atoms with Gasteiger partial charge in [-0.25, -0.2) is 14.1 Å². The maximum absolute atomic E-state index is 13.9. The molecule has 6 nitrogen and oxygen atoms in total. The lowest BCUT2D eigenvalue weighted by Gasteiger charge is -2.28. The fraction of sp³-hybridized carbons (Fsp3) is 0.333. The molecule has 1 aliphatic heterocycles. The normalized spacial score (nSPS) is 18.6. The third-order valence-corrected chi connectivity index (χ3v) is 4.30. The van der Waals surface area contributed by atoms with Crippen LogP contribution >= 0.6 is 0 Å². The molecule has 1 unspecified atom stereocenters. The highest BCUT2D eigenvalue weighted by molar-refractivity contribution is 5.62. The number of nitrogens with zero attached hydrogens (tertiary/aromatic N) is 4. The third-order valence-electron chi connectivity index (χ3n) is 4.30. The molecule has 0 aliphatic carbocycles. The van der Waals surface area contributed by atoms with E-state index >= 15 is 0 Å². The fourth-order valence-corrected chi connectivity index (χ4v) is 2.95. The number of hydrogen-bond acceptors (Lipinski definition) is 5. The van der Waals surface area contributed by atoms with Gasteiger partial charge in [-0.15, -0.1) is 0 Å². The van der Waals surface area contributed by atoms with Crippen molar-refractivity contribution in [2.75, 3.05) is 26.7 Å². The first-order valence-electron chi connectivity index (χ1n) is 8.18. The summed E-state index contributed by atoms with van der Waals surface area (Å²) in [7, 11) is 3.86. The van der Waals surface area contributed by atoms with Gasteiger partial charge in [0.05, 0.1) is 12.2 Å². The first kappa shape index (κ1) is 16.0. The summed E-state index contributed by atoms with van der Waals surface area (Å²) >= 11 is 0. The molecule has 0 amide bonds. The number of halogens is 1. The van der Waals surface area contributed by atoms with Crippen molar-refractivity contribution in [3.8, 4) is 22.9 Å². The molecule has 0 bridgehead atoms. The van der Waals surface area contributed by atoms with E-state index in [0.29, 0.717) is 35.3 Å². The van der Waals surface area contributed by atoms with Gasteiger partial charge < -0.3 is 14.1 Å². The van der Waals surface area contributed by atoms with Crippen molar-refractivity contribution < 1.29 is 13.5 Å². The van der Waals surface area contributed by atoms with Crippen LogP contribution in [0.25, 0.3) is 22.9 Å². The number of rotatable bonds is 3. The van der Waals surface area contributed by atoms with Crippen LogP contribution in [0.5, 0.6) is 0 Å². The molecule has 1 aliphatic rings. The second-order valence-electron chi connectivity index (χ2n) is 6.18. The van der Waals surface area contributed by atoms with Crippen LogP contribution in [0.4, 0.5) is 4.39 Å². The molecular formula is C18H19FN4O2. The summed E-state index contributed by atoms with van der Waals surface area (Å²) in [6, 6.07) is 10.0. The summed E-state index contributed by atoms with van der Waals surface area (Å²) in [4.78, 5) is 6.77. The largest absolute Gasteiger partial charge is 0.453 e. The minimum Gasteiger partial charge on any atom is -0.453 e. The predicted octanol–water partition coefficient (Wildman–Crippen LogP) is 2.88. The summed E-state index contributed by atoms with van der Waals surface area (Å²) in [5.74, 6) is 1.91. The van der Waals surface area contributed by atoms with E-state index in [4.69, 9.17) is 9.15 Å². The Morgan fingerprint density at radius 2 is 1.92 bits per heavy atom. The first-order chi connectivity index (χ1) is 12.1. The van der Waals surface area contributed by atoms with Gasteiger partial charge in [-0.3, -0.25) is 0 Å². The standard InChI is InChI=1S/C18H19FN4O2/c1-22-9-10-24-16(11-22)17-20-18(23(2)21-17)15-8-7-14(25-15)12-5-3-4-6-13(12)19/h3-8,16H,9-11H2,1-2H3. The highest BCUT2D eigenvalue weighted by Gasteiger charge is 2.25. The van der Waals surface area contributed by atoms with Gasteiger partial charge in [0.25, 0.3) is 0 Å². The van der Waals surface area contributed by atoms with E-state index in [1.165, 1.54) is 6.07 Å². The Morgan fingerprint density at radius 1 is 1.12 bits per heavy atom. The number of hydrogen-bond donors (Lipinski definition) is 0. The number of ether oxygens (including phenoxy) is 1. The van der Waals surface area contributed by atoms with Crippen LogP contribution in [-0.2, 0) is 11.8 Å². The number of likely N-dealkylation sites (N-methyl/N-ethyl adjacent to an activating group) is 1. The Bertz CT molecular complexity index is 889. The van der Waals surface area contributed by atoms with Gasteiger partial charge in [-0.2, -0.15) is 5.10 Å². The zero-order valence-electron chi connectivity index (χ0n) is 14.1. The summed E-state index contributed by atoms with van der Waals surface area (Å²) in [6.45, 7) is 2.31. The lowest BCUT2D eigenvalue weighted by atomic mass is 10.1. The first-order valence-corrected chi connectivity index (χ1v) is 8.18. The summed E-state index contributed by atoms with van der Waals surface area (Å²) in [5, 5.41) is 4.46. The van der Waals surface area contributed by atoms with Crippen molar-refractivity contribution in [1.82, 2.24) is 19.7 Å². The Morgan fingerprint density at radius 3 is 2.72 bits per heavy atom. The van der Waals surface area contributed by atoms with Crippen molar-refractivity contribution >= 4 is 0 Å². The smallest absolute Gasteiger partial charge is 0.194 e. The van der Waals surface area contributed by atoms with Crippen molar-refractivity contribution in [3.05, 3.63) is 48.0 Å². The van der Waals surface area contributed by atoms with E-state index in [-0.39, 0.29) is 11.9 Å². The quantitative estimate of drug-likeness (QED) is 0.732. The molecule has 0 radical (unpaired) electrons. The highest BCUT2D eigenvalue weighted by atomic mass is 19.1. The molecule has 7 heteroatoms. The second kappa shape index (κ2) is 6.42. The Kier molecular flexibility index (Phi) is 4.10. The van der Waals surface area contributed by atoms with Gasteiger partial charge in [0.2, 0.25) is 0 Å². The van der Waals surface area contributed by atoms with E-state index in [1.807, 2.05) is 14.1 Å². The van der Waals surface area contributed by atoms with E-state index in [1.54, 1.807) is 35.0 Å². The second-order valence-corrected chi connectivity index (χ2v) is 6.18. The van der Waals surface area contributed by atoms with Crippen molar-refractivity contribution in [2.24, 2.45) is 7.05 Å². The van der Waals surface area contributed by atoms with Gasteiger partial charge in [0.1, 0.15) is 17.7 Å². The Labute approximate surface area is 144 Å². The fourth-order valence-electron chi connectivity index (χ4n) is 2.95. The van der Waals surface area contributed by atoms with E-state index < -0.39 is 0 Å². The van der Waals surface area contributed by atoms with Crippen LogP contribution in [0.1, 0.15) is 11.9 Å². The molecule has 4 rings (SSSR count). The minimum atomic E-state index is -0.319. The van der Waals surface area contributed by atoms with Crippen molar-refractivity contribution in [3.63, 3.8) is 0 Å². The Hall–Kier alpha value is -2.51. The van der Waals surface area contributed by atoms with Gasteiger partial charge >= 0.3 is 0 Å². The molecule has 25 heavy (non-hydrogen) atoms. The number of morpholine rings is 1. The molecule has 1 atom stereocenters. The molecule has 0 saturated carbocycles. The summed E-state index contributed by atoms with van der Waals surface area (Å²) in [5.41, 5.74) is 0.424. The average Bonchev–Trinajstić information content (AvgIpc) is 3.22. The molecule has 1 fully saturated rings. The minimum absolute atomic E-state index is 0.153. The molecule has 3 aromatic rings. The van der Waals surface area contributed by atoms with E-state index in [9.17, 15) is 4.39 Å². The molecule has 2 aromatic heterocycles. The zero-order valence-corrected chi connectivity index (χ0v) is 14.1. The van der Waals surface area contributed by atoms with Crippen LogP contribution < -0.4 is 0 Å². The molecule has 1 aromatic carbocycles. The van der Waals surface area contributed by atoms with Crippen molar-refractivity contribution in [2.45, 2.75) is 6.10 Å². The summed E-state index contributed by atoms with van der Waals surface area (Å²) in [6.07, 6.45) is -0.153. The number of benzene rings is 1. The number of aromatic nitrogens is 3. The Balaban J connectivity index is 1.64. The van der Waals surface area contributed by atoms with Crippen LogP contribution in [0.3, 0.4) is 0 Å². The molecule has 130 valence electrons. The topological polar surface area (TPSA) is 56.3 Å². The van der Waals surface area contributed by atoms with E-state index in [2.05, 4.69) is 15.0 Å². The number of furan rings is 1. The van der Waals surface area contributed by atoms with Gasteiger partial charge in [0.15, 0.2) is 17.4 Å². The summed E-state index contributed by atoms with van der Waals surface area (Å²) < 4.78 is 27.2. The van der Waals surface area contributed by atoms with Gasteiger partial charge in [0, 0.05) is 20.1 Å². The average molecular weight is 342 g/mol. The monoisotopic (exact) mass is 342 g/mol. The lowest BCUT2D eigenvalue weighted by Crippen LogP contribution is -2.35.